The standard InChI is InChI=1S/C43H30/c1-43(2)37-22-11-10-17-30(37)31-20-12-21-34-35(25-26-38(43)41(31)34)40-33-19-9-8-18-32(33)39(28-14-4-3-5-15-28)42-29-16-7-6-13-27(29)23-24-36(40)42/h3-26H,1-2H3. The topological polar surface area (TPSA) is 0 Å². The van der Waals surface area contributed by atoms with Crippen molar-refractivity contribution < 1.29 is 0 Å². The van der Waals surface area contributed by atoms with Crippen LogP contribution in [0.3, 0.4) is 0 Å². The van der Waals surface area contributed by atoms with Crippen LogP contribution in [0.5, 0.6) is 0 Å². The third kappa shape index (κ3) is 3.32. The number of benzene rings is 8. The summed E-state index contributed by atoms with van der Waals surface area (Å²) in [5.74, 6) is 0. The lowest BCUT2D eigenvalue weighted by Crippen LogP contribution is -2.23. The van der Waals surface area contributed by atoms with Gasteiger partial charge in [-0.3, -0.25) is 0 Å². The Balaban J connectivity index is 1.50. The molecule has 0 saturated heterocycles. The van der Waals surface area contributed by atoms with Crippen LogP contribution >= 0.6 is 0 Å². The Hall–Kier alpha value is -5.20. The van der Waals surface area contributed by atoms with Gasteiger partial charge < -0.3 is 0 Å². The van der Waals surface area contributed by atoms with Gasteiger partial charge in [0.2, 0.25) is 0 Å². The van der Waals surface area contributed by atoms with Crippen molar-refractivity contribution in [1.29, 1.82) is 0 Å². The lowest BCUT2D eigenvalue weighted by Gasteiger charge is -2.35. The fourth-order valence-electron chi connectivity index (χ4n) is 7.92. The minimum Gasteiger partial charge on any atom is -0.0622 e. The molecular formula is C43H30. The van der Waals surface area contributed by atoms with Crippen LogP contribution in [-0.4, -0.2) is 0 Å². The highest BCUT2D eigenvalue weighted by Gasteiger charge is 2.34. The van der Waals surface area contributed by atoms with E-state index in [0.29, 0.717) is 0 Å². The summed E-state index contributed by atoms with van der Waals surface area (Å²) in [5.41, 5.74) is 10.6. The van der Waals surface area contributed by atoms with Gasteiger partial charge in [-0.1, -0.05) is 159 Å². The van der Waals surface area contributed by atoms with E-state index in [2.05, 4.69) is 159 Å². The van der Waals surface area contributed by atoms with E-state index in [4.69, 9.17) is 0 Å². The fourth-order valence-corrected chi connectivity index (χ4v) is 7.92. The van der Waals surface area contributed by atoms with Gasteiger partial charge in [0.1, 0.15) is 0 Å². The molecule has 0 radical (unpaired) electrons. The van der Waals surface area contributed by atoms with Crippen molar-refractivity contribution in [2.75, 3.05) is 0 Å². The summed E-state index contributed by atoms with van der Waals surface area (Å²) in [5, 5.41) is 10.5. The maximum absolute atomic E-state index is 2.41. The highest BCUT2D eigenvalue weighted by molar-refractivity contribution is 6.29. The molecule has 0 bridgehead atoms. The maximum atomic E-state index is 2.41. The molecule has 43 heavy (non-hydrogen) atoms. The second kappa shape index (κ2) is 8.90. The second-order valence-electron chi connectivity index (χ2n) is 12.4. The summed E-state index contributed by atoms with van der Waals surface area (Å²) in [7, 11) is 0. The fraction of sp³-hybridized carbons (Fsp3) is 0.0698. The molecule has 0 nitrogen and oxygen atoms in total. The van der Waals surface area contributed by atoms with Crippen molar-refractivity contribution in [3.05, 3.63) is 157 Å². The Morgan fingerprint density at radius 1 is 0.349 bits per heavy atom. The highest BCUT2D eigenvalue weighted by Crippen LogP contribution is 2.52. The zero-order valence-corrected chi connectivity index (χ0v) is 24.4. The Kier molecular flexibility index (Phi) is 5.05. The van der Waals surface area contributed by atoms with Crippen molar-refractivity contribution in [3.8, 4) is 33.4 Å². The lowest BCUT2D eigenvalue weighted by molar-refractivity contribution is 0.645. The first kappa shape index (κ1) is 24.4. The zero-order chi connectivity index (χ0) is 28.7. The smallest absolute Gasteiger partial charge is 0.0159 e. The molecule has 0 N–H and O–H groups in total. The molecule has 0 heteroatoms. The van der Waals surface area contributed by atoms with E-state index in [1.807, 2.05) is 0 Å². The first-order valence-electron chi connectivity index (χ1n) is 15.2. The predicted octanol–water partition coefficient (Wildman–Crippen LogP) is 11.9. The number of hydrogen-bond acceptors (Lipinski definition) is 0. The van der Waals surface area contributed by atoms with E-state index < -0.39 is 0 Å². The molecule has 1 aliphatic carbocycles. The minimum absolute atomic E-state index is 0.0841. The SMILES string of the molecule is CC1(C)c2ccccc2-c2cccc3c(-c4c5ccccc5c(-c5ccccc5)c5c4ccc4ccccc45)ccc1c23. The average molecular weight is 547 g/mol. The summed E-state index contributed by atoms with van der Waals surface area (Å²) >= 11 is 0. The van der Waals surface area contributed by atoms with E-state index >= 15 is 0 Å². The quantitative estimate of drug-likeness (QED) is 0.149. The van der Waals surface area contributed by atoms with Crippen molar-refractivity contribution in [2.24, 2.45) is 0 Å². The van der Waals surface area contributed by atoms with E-state index in [0.717, 1.165) is 0 Å². The molecule has 0 aromatic heterocycles. The highest BCUT2D eigenvalue weighted by atomic mass is 14.4. The van der Waals surface area contributed by atoms with Crippen molar-refractivity contribution in [1.82, 2.24) is 0 Å². The third-order valence-corrected chi connectivity index (χ3v) is 9.85. The van der Waals surface area contributed by atoms with Crippen LogP contribution in [0.4, 0.5) is 0 Å². The molecule has 1 aliphatic rings. The van der Waals surface area contributed by atoms with Crippen molar-refractivity contribution >= 4 is 43.1 Å². The number of fused-ring (bicyclic) bond motifs is 6. The van der Waals surface area contributed by atoms with Crippen LogP contribution in [-0.2, 0) is 5.41 Å². The van der Waals surface area contributed by atoms with Gasteiger partial charge >= 0.3 is 0 Å². The summed E-state index contributed by atoms with van der Waals surface area (Å²) in [6.45, 7) is 4.75. The van der Waals surface area contributed by atoms with Gasteiger partial charge in [-0.15, -0.1) is 0 Å². The van der Waals surface area contributed by atoms with Crippen molar-refractivity contribution in [2.45, 2.75) is 19.3 Å². The van der Waals surface area contributed by atoms with Gasteiger partial charge in [-0.2, -0.15) is 0 Å². The summed E-state index contributed by atoms with van der Waals surface area (Å²) in [6.07, 6.45) is 0. The Bertz CT molecular complexity index is 2410. The van der Waals surface area contributed by atoms with Crippen LogP contribution in [0.15, 0.2) is 146 Å². The van der Waals surface area contributed by atoms with Crippen LogP contribution in [0, 0.1) is 0 Å². The summed E-state index contributed by atoms with van der Waals surface area (Å²) in [6, 6.07) is 54.1. The first-order chi connectivity index (χ1) is 21.1. The van der Waals surface area contributed by atoms with Gasteiger partial charge in [0.15, 0.2) is 0 Å². The Labute approximate surface area is 251 Å². The molecule has 0 atom stereocenters. The molecule has 0 unspecified atom stereocenters. The van der Waals surface area contributed by atoms with E-state index in [-0.39, 0.29) is 5.41 Å². The molecule has 0 saturated carbocycles. The Morgan fingerprint density at radius 2 is 1.00 bits per heavy atom. The molecule has 0 heterocycles. The molecule has 202 valence electrons. The first-order valence-corrected chi connectivity index (χ1v) is 15.2. The van der Waals surface area contributed by atoms with E-state index in [1.165, 1.54) is 87.6 Å². The summed E-state index contributed by atoms with van der Waals surface area (Å²) in [4.78, 5) is 0. The molecule has 0 amide bonds. The lowest BCUT2D eigenvalue weighted by atomic mass is 9.68. The van der Waals surface area contributed by atoms with Gasteiger partial charge in [0, 0.05) is 5.41 Å². The second-order valence-corrected chi connectivity index (χ2v) is 12.4. The third-order valence-electron chi connectivity index (χ3n) is 9.85. The van der Waals surface area contributed by atoms with Crippen LogP contribution in [0.25, 0.3) is 76.5 Å². The molecular weight excluding hydrogens is 516 g/mol. The predicted molar refractivity (Wildman–Crippen MR) is 185 cm³/mol. The molecule has 8 aromatic carbocycles. The van der Waals surface area contributed by atoms with Crippen LogP contribution in [0.1, 0.15) is 25.0 Å². The maximum Gasteiger partial charge on any atom is 0.0159 e. The van der Waals surface area contributed by atoms with E-state index in [9.17, 15) is 0 Å². The largest absolute Gasteiger partial charge is 0.0622 e. The minimum atomic E-state index is -0.0841. The van der Waals surface area contributed by atoms with Crippen molar-refractivity contribution in [3.63, 3.8) is 0 Å². The number of hydrogen-bond donors (Lipinski definition) is 0. The molecule has 0 fully saturated rings. The zero-order valence-electron chi connectivity index (χ0n) is 24.4. The summed E-state index contributed by atoms with van der Waals surface area (Å²) < 4.78 is 0. The van der Waals surface area contributed by atoms with Gasteiger partial charge in [-0.25, -0.2) is 0 Å². The van der Waals surface area contributed by atoms with Gasteiger partial charge in [0.25, 0.3) is 0 Å². The normalized spacial score (nSPS) is 13.5. The molecule has 0 aliphatic heterocycles. The van der Waals surface area contributed by atoms with Gasteiger partial charge in [-0.05, 0) is 87.6 Å². The number of rotatable bonds is 2. The molecule has 8 aromatic rings. The Morgan fingerprint density at radius 3 is 1.84 bits per heavy atom. The van der Waals surface area contributed by atoms with Crippen LogP contribution < -0.4 is 0 Å². The average Bonchev–Trinajstić information content (AvgIpc) is 3.06. The van der Waals surface area contributed by atoms with Gasteiger partial charge in [0.05, 0.1) is 0 Å². The molecule has 0 spiro atoms. The molecule has 9 rings (SSSR count). The monoisotopic (exact) mass is 546 g/mol. The van der Waals surface area contributed by atoms with E-state index in [1.54, 1.807) is 0 Å². The van der Waals surface area contributed by atoms with Crippen LogP contribution in [0.2, 0.25) is 0 Å².